The first-order chi connectivity index (χ1) is 39.7. The van der Waals surface area contributed by atoms with E-state index in [9.17, 15) is 40.5 Å². The predicted octanol–water partition coefficient (Wildman–Crippen LogP) is 16.8. The van der Waals surface area contributed by atoms with Crippen LogP contribution >= 0.6 is 0 Å². The van der Waals surface area contributed by atoms with Gasteiger partial charge in [0.05, 0.1) is 25.4 Å². The van der Waals surface area contributed by atoms with E-state index in [0.29, 0.717) is 12.8 Å². The highest BCUT2D eigenvalue weighted by molar-refractivity contribution is 5.80. The van der Waals surface area contributed by atoms with E-state index >= 15 is 0 Å². The first kappa shape index (κ1) is 77.6. The number of rotatable bonds is 62. The van der Waals surface area contributed by atoms with Crippen LogP contribution < -0.4 is 5.32 Å². The monoisotopic (exact) mass is 1150 g/mol. The molecule has 11 heteroatoms. The number of hydrogen-bond donors (Lipinski definition) is 8. The van der Waals surface area contributed by atoms with Gasteiger partial charge in [-0.05, 0) is 64.2 Å². The first-order valence-electron chi connectivity index (χ1n) is 35.2. The van der Waals surface area contributed by atoms with Crippen LogP contribution in [0.4, 0.5) is 0 Å². The van der Waals surface area contributed by atoms with Crippen molar-refractivity contribution in [1.29, 1.82) is 0 Å². The van der Waals surface area contributed by atoms with Crippen molar-refractivity contribution in [3.63, 3.8) is 0 Å². The SMILES string of the molecule is CCCCCCCCCCCCCC/C=C\CCCCCCCCCCCCC(O)C(=O)NC(COC1OC(CO)C(O)C(O)C1O)C(O)C(O)CCC/C=C/CCCCCCCCCCCCCCCCCCCCCCCCC. The van der Waals surface area contributed by atoms with E-state index in [1.54, 1.807) is 0 Å². The summed E-state index contributed by atoms with van der Waals surface area (Å²) in [5, 5.41) is 76.5. The minimum Gasteiger partial charge on any atom is -0.394 e. The molecule has 0 saturated carbocycles. The van der Waals surface area contributed by atoms with Gasteiger partial charge in [0.2, 0.25) is 5.91 Å². The Kier molecular flexibility index (Phi) is 56.5. The Morgan fingerprint density at radius 3 is 1.06 bits per heavy atom. The number of unbranched alkanes of at least 4 members (excludes halogenated alkanes) is 46. The molecule has 1 aliphatic rings. The summed E-state index contributed by atoms with van der Waals surface area (Å²) in [5.74, 6) is -0.702. The number of aliphatic hydroxyl groups excluding tert-OH is 7. The van der Waals surface area contributed by atoms with Gasteiger partial charge in [-0.2, -0.15) is 0 Å². The van der Waals surface area contributed by atoms with Crippen molar-refractivity contribution in [2.24, 2.45) is 0 Å². The van der Waals surface area contributed by atoms with E-state index in [1.807, 2.05) is 0 Å². The summed E-state index contributed by atoms with van der Waals surface area (Å²) in [4.78, 5) is 13.2. The molecule has 0 aromatic carbocycles. The smallest absolute Gasteiger partial charge is 0.249 e. The molecule has 480 valence electrons. The maximum absolute atomic E-state index is 13.2. The van der Waals surface area contributed by atoms with Crippen LogP contribution in [0.5, 0.6) is 0 Å². The average Bonchev–Trinajstić information content (AvgIpc) is 3.49. The van der Waals surface area contributed by atoms with Gasteiger partial charge < -0.3 is 50.5 Å². The number of aliphatic hydroxyl groups is 7. The molecule has 1 aliphatic heterocycles. The Morgan fingerprint density at radius 1 is 0.420 bits per heavy atom. The molecule has 9 unspecified atom stereocenters. The number of carbonyl (C=O) groups excluding carboxylic acids is 1. The maximum Gasteiger partial charge on any atom is 0.249 e. The van der Waals surface area contributed by atoms with Crippen LogP contribution in [0, 0.1) is 0 Å². The zero-order chi connectivity index (χ0) is 58.9. The van der Waals surface area contributed by atoms with Gasteiger partial charge in [-0.25, -0.2) is 0 Å². The summed E-state index contributed by atoms with van der Waals surface area (Å²) in [5.41, 5.74) is 0. The number of amides is 1. The summed E-state index contributed by atoms with van der Waals surface area (Å²) in [6.07, 6.45) is 62.6. The molecule has 1 fully saturated rings. The second-order valence-corrected chi connectivity index (χ2v) is 25.0. The Morgan fingerprint density at radius 2 is 0.728 bits per heavy atom. The van der Waals surface area contributed by atoms with E-state index in [-0.39, 0.29) is 12.8 Å². The zero-order valence-corrected chi connectivity index (χ0v) is 53.0. The fourth-order valence-corrected chi connectivity index (χ4v) is 11.6. The lowest BCUT2D eigenvalue weighted by Gasteiger charge is -2.40. The molecule has 0 aromatic rings. The molecule has 1 amide bonds. The zero-order valence-electron chi connectivity index (χ0n) is 53.0. The van der Waals surface area contributed by atoms with Gasteiger partial charge in [-0.15, -0.1) is 0 Å². The van der Waals surface area contributed by atoms with E-state index < -0.39 is 74.2 Å². The third-order valence-electron chi connectivity index (χ3n) is 17.2. The predicted molar refractivity (Wildman–Crippen MR) is 339 cm³/mol. The Balaban J connectivity index is 2.22. The molecule has 1 heterocycles. The molecule has 0 spiro atoms. The summed E-state index contributed by atoms with van der Waals surface area (Å²) in [6, 6.07) is -1.19. The lowest BCUT2D eigenvalue weighted by atomic mass is 9.98. The lowest BCUT2D eigenvalue weighted by molar-refractivity contribution is -0.303. The van der Waals surface area contributed by atoms with E-state index in [0.717, 1.165) is 38.5 Å². The Hall–Kier alpha value is -1.41. The van der Waals surface area contributed by atoms with Crippen molar-refractivity contribution in [3.05, 3.63) is 24.3 Å². The molecule has 8 N–H and O–H groups in total. The molecule has 0 bridgehead atoms. The molecule has 0 radical (unpaired) electrons. The average molecular weight is 1150 g/mol. The van der Waals surface area contributed by atoms with E-state index in [2.05, 4.69) is 43.5 Å². The minimum atomic E-state index is -1.67. The molecule has 1 saturated heterocycles. The van der Waals surface area contributed by atoms with Gasteiger partial charge in [-0.3, -0.25) is 4.79 Å². The van der Waals surface area contributed by atoms with E-state index in [1.165, 1.54) is 270 Å². The summed E-state index contributed by atoms with van der Waals surface area (Å²) in [7, 11) is 0. The molecule has 1 rings (SSSR count). The normalized spacial score (nSPS) is 19.2. The van der Waals surface area contributed by atoms with Crippen molar-refractivity contribution >= 4 is 5.91 Å². The number of carbonyl (C=O) groups is 1. The molecule has 0 aliphatic carbocycles. The molecular weight excluding hydrogens is 1010 g/mol. The van der Waals surface area contributed by atoms with Crippen LogP contribution in [-0.2, 0) is 14.3 Å². The number of nitrogens with one attached hydrogen (secondary N) is 1. The van der Waals surface area contributed by atoms with Crippen molar-refractivity contribution < 1.29 is 50.0 Å². The van der Waals surface area contributed by atoms with Gasteiger partial charge in [0.1, 0.15) is 36.6 Å². The molecule has 9 atom stereocenters. The number of ether oxygens (including phenoxy) is 2. The van der Waals surface area contributed by atoms with E-state index in [4.69, 9.17) is 9.47 Å². The Labute approximate surface area is 499 Å². The maximum atomic E-state index is 13.2. The highest BCUT2D eigenvalue weighted by Crippen LogP contribution is 2.24. The van der Waals surface area contributed by atoms with Gasteiger partial charge in [0.25, 0.3) is 0 Å². The Bertz CT molecular complexity index is 1370. The van der Waals surface area contributed by atoms with Crippen molar-refractivity contribution in [2.75, 3.05) is 13.2 Å². The second kappa shape index (κ2) is 58.9. The van der Waals surface area contributed by atoms with Gasteiger partial charge in [0, 0.05) is 0 Å². The largest absolute Gasteiger partial charge is 0.394 e. The molecular formula is C70H135NO10. The third kappa shape index (κ3) is 46.5. The molecule has 0 aromatic heterocycles. The van der Waals surface area contributed by atoms with Crippen molar-refractivity contribution in [2.45, 2.75) is 403 Å². The van der Waals surface area contributed by atoms with Crippen molar-refractivity contribution in [3.8, 4) is 0 Å². The van der Waals surface area contributed by atoms with Crippen LogP contribution in [-0.4, -0.2) is 110 Å². The summed E-state index contributed by atoms with van der Waals surface area (Å²) in [6.45, 7) is 3.50. The topological polar surface area (TPSA) is 189 Å². The van der Waals surface area contributed by atoms with Crippen LogP contribution in [0.3, 0.4) is 0 Å². The highest BCUT2D eigenvalue weighted by Gasteiger charge is 2.44. The molecule has 81 heavy (non-hydrogen) atoms. The fourth-order valence-electron chi connectivity index (χ4n) is 11.6. The van der Waals surface area contributed by atoms with Gasteiger partial charge in [0.15, 0.2) is 6.29 Å². The van der Waals surface area contributed by atoms with Crippen molar-refractivity contribution in [1.82, 2.24) is 5.32 Å². The highest BCUT2D eigenvalue weighted by atomic mass is 16.7. The molecule has 11 nitrogen and oxygen atoms in total. The van der Waals surface area contributed by atoms with Crippen LogP contribution in [0.25, 0.3) is 0 Å². The standard InChI is InChI=1S/C70H135NO10/c1-3-5-7-9-11-13-15-17-19-21-23-25-27-29-31-32-34-35-37-39-41-43-45-47-49-51-53-55-57-62(73)65(75)61(60-80-70-68(78)67(77)66(76)64(59-72)81-70)71-69(79)63(74)58-56-54-52-50-48-46-44-42-40-38-36-33-30-28-26-24-22-20-18-16-14-12-10-8-6-4-2/h30,33,49,51,61-68,70,72-78H,3-29,31-32,34-48,50,52-60H2,1-2H3,(H,71,79)/b33-30-,51-49+. The third-order valence-corrected chi connectivity index (χ3v) is 17.2. The summed E-state index contributed by atoms with van der Waals surface area (Å²) >= 11 is 0. The number of hydrogen-bond acceptors (Lipinski definition) is 10. The van der Waals surface area contributed by atoms with Crippen LogP contribution in [0.2, 0.25) is 0 Å². The second-order valence-electron chi connectivity index (χ2n) is 25.0. The quantitative estimate of drug-likeness (QED) is 0.0215. The lowest BCUT2D eigenvalue weighted by Crippen LogP contribution is -2.60. The minimum absolute atomic E-state index is 0.255. The van der Waals surface area contributed by atoms with Gasteiger partial charge >= 0.3 is 0 Å². The fraction of sp³-hybridized carbons (Fsp3) is 0.929. The summed E-state index contributed by atoms with van der Waals surface area (Å²) < 4.78 is 11.2. The van der Waals surface area contributed by atoms with Crippen LogP contribution in [0.1, 0.15) is 348 Å². The first-order valence-corrected chi connectivity index (χ1v) is 35.2. The van der Waals surface area contributed by atoms with Crippen LogP contribution in [0.15, 0.2) is 24.3 Å². The van der Waals surface area contributed by atoms with Gasteiger partial charge in [-0.1, -0.05) is 308 Å². The number of allylic oxidation sites excluding steroid dienone is 4.